The first-order valence-electron chi connectivity index (χ1n) is 14.4. The van der Waals surface area contributed by atoms with E-state index in [1.54, 1.807) is 22.3 Å². The fraction of sp³-hybridized carbons (Fsp3) is 0.158. The predicted molar refractivity (Wildman–Crippen MR) is 171 cm³/mol. The van der Waals surface area contributed by atoms with Gasteiger partial charge in [-0.05, 0) is 0 Å². The maximum absolute atomic E-state index is 2.61. The maximum Gasteiger partial charge on any atom is -1.00 e. The summed E-state index contributed by atoms with van der Waals surface area (Å²) >= 11 is -1.81. The summed E-state index contributed by atoms with van der Waals surface area (Å²) in [5.41, 5.74) is 14.7. The van der Waals surface area contributed by atoms with Crippen LogP contribution < -0.4 is 24.8 Å². The molecule has 0 amide bonds. The molecule has 7 rings (SSSR count). The monoisotopic (exact) mass is 636 g/mol. The predicted octanol–water partition coefficient (Wildman–Crippen LogP) is 4.45. The molecular formula is C38H34Cl2SiTi. The Kier molecular flexibility index (Phi) is 9.19. The van der Waals surface area contributed by atoms with Gasteiger partial charge in [-0.3, -0.25) is 0 Å². The van der Waals surface area contributed by atoms with Crippen molar-refractivity contribution in [3.8, 4) is 11.1 Å². The molecule has 0 N–H and O–H groups in total. The van der Waals surface area contributed by atoms with Gasteiger partial charge in [0, 0.05) is 0 Å². The van der Waals surface area contributed by atoms with Crippen molar-refractivity contribution < 1.29 is 41.4 Å². The van der Waals surface area contributed by atoms with E-state index in [-0.39, 0.29) is 24.8 Å². The second-order valence-electron chi connectivity index (χ2n) is 11.6. The molecule has 5 aromatic carbocycles. The molecular weight excluding hydrogens is 603 g/mol. The average Bonchev–Trinajstić information content (AvgIpc) is 3.51. The van der Waals surface area contributed by atoms with Crippen LogP contribution in [0.15, 0.2) is 115 Å². The van der Waals surface area contributed by atoms with Gasteiger partial charge in [0.05, 0.1) is 0 Å². The van der Waals surface area contributed by atoms with Crippen molar-refractivity contribution in [3.63, 3.8) is 0 Å². The number of fused-ring (bicyclic) bond motifs is 3. The minimum atomic E-state index is -1.81. The summed E-state index contributed by atoms with van der Waals surface area (Å²) in [5.74, 6) is 0. The summed E-state index contributed by atoms with van der Waals surface area (Å²) in [4.78, 5) is 0. The quantitative estimate of drug-likeness (QED) is 0.256. The van der Waals surface area contributed by atoms with Crippen LogP contribution in [0.3, 0.4) is 0 Å². The Morgan fingerprint density at radius 3 is 2.10 bits per heavy atom. The van der Waals surface area contributed by atoms with Gasteiger partial charge < -0.3 is 24.8 Å². The number of halogens is 2. The summed E-state index contributed by atoms with van der Waals surface area (Å²) in [6.45, 7) is 9.90. The van der Waals surface area contributed by atoms with Crippen LogP contribution in [-0.2, 0) is 16.6 Å². The first-order chi connectivity index (χ1) is 19.5. The minimum absolute atomic E-state index is 0. The van der Waals surface area contributed by atoms with Gasteiger partial charge in [0.15, 0.2) is 0 Å². The largest absolute Gasteiger partial charge is 1.00 e. The summed E-state index contributed by atoms with van der Waals surface area (Å²) in [6, 6.07) is 41.1. The standard InChI is InChI=1S/C20H15.C16H13.C2H6Si.2ClH.Ti/c1-14-10-17-8-4-5-9-19(17)20(11-14)18-12-15-6-2-3-7-16(15)13-18;1-12-10-14-8-5-9-15(16(14)11-12)13-6-3-2-4-7-13;1-3-2;;;/h2-13H,1H3;2-11H,1H3;1-2H3;2*1H;/q;;;;;+2/p-2. The molecule has 0 bridgehead atoms. The number of allylic oxidation sites excluding steroid dienone is 2. The molecule has 208 valence electrons. The van der Waals surface area contributed by atoms with Crippen molar-refractivity contribution >= 4 is 34.7 Å². The normalized spacial score (nSPS) is 16.3. The zero-order chi connectivity index (χ0) is 27.4. The van der Waals surface area contributed by atoms with Crippen molar-refractivity contribution in [2.75, 3.05) is 0 Å². The molecule has 0 fully saturated rings. The van der Waals surface area contributed by atoms with Crippen LogP contribution in [0.2, 0.25) is 13.1 Å². The molecule has 0 saturated heterocycles. The zero-order valence-corrected chi connectivity index (χ0v) is 28.5. The van der Waals surface area contributed by atoms with Crippen molar-refractivity contribution in [1.82, 2.24) is 0 Å². The summed E-state index contributed by atoms with van der Waals surface area (Å²) in [6.07, 6.45) is 4.54. The molecule has 2 aliphatic rings. The van der Waals surface area contributed by atoms with Gasteiger partial charge in [-0.15, -0.1) is 0 Å². The van der Waals surface area contributed by atoms with Gasteiger partial charge >= 0.3 is 246 Å². The summed E-state index contributed by atoms with van der Waals surface area (Å²) in [5, 5.41) is 2.74. The van der Waals surface area contributed by atoms with Crippen LogP contribution in [-0.4, -0.2) is 6.19 Å². The molecule has 0 spiro atoms. The summed E-state index contributed by atoms with van der Waals surface area (Å²) < 4.78 is 1.11. The number of hydrogen-bond acceptors (Lipinski definition) is 0. The Bertz CT molecular complexity index is 1900. The SMILES string of the molecule is CC1=Cc2c(-c3ccccc3)cccc2[CH]1[Ti+2]([CH]1C(c2cc(C)cc3ccccc23)=Cc2ccccc21)=[Si](C)C.[Cl-].[Cl-]. The van der Waals surface area contributed by atoms with E-state index in [1.165, 1.54) is 44.2 Å². The zero-order valence-electron chi connectivity index (χ0n) is 24.5. The van der Waals surface area contributed by atoms with E-state index in [9.17, 15) is 0 Å². The number of aryl methyl sites for hydroxylation is 1. The molecule has 5 aromatic rings. The third-order valence-electron chi connectivity index (χ3n) is 8.81. The van der Waals surface area contributed by atoms with Crippen molar-refractivity contribution in [2.24, 2.45) is 0 Å². The Morgan fingerprint density at radius 1 is 0.619 bits per heavy atom. The van der Waals surface area contributed by atoms with Crippen molar-refractivity contribution in [3.05, 3.63) is 148 Å². The Hall–Kier alpha value is -2.65. The smallest absolute Gasteiger partial charge is 1.00 e. The van der Waals surface area contributed by atoms with E-state index in [4.69, 9.17) is 0 Å². The minimum Gasteiger partial charge on any atom is -1.00 e. The molecule has 0 heterocycles. The number of hydrogen-bond donors (Lipinski definition) is 0. The summed E-state index contributed by atoms with van der Waals surface area (Å²) in [7, 11) is 0. The molecule has 0 radical (unpaired) electrons. The van der Waals surface area contributed by atoms with E-state index in [1.807, 2.05) is 0 Å². The molecule has 42 heavy (non-hydrogen) atoms. The first-order valence-corrected chi connectivity index (χ1v) is 21.0. The molecule has 0 aliphatic heterocycles. The number of rotatable bonds is 4. The van der Waals surface area contributed by atoms with Gasteiger partial charge in [-0.1, -0.05) is 0 Å². The first kappa shape index (κ1) is 30.8. The van der Waals surface area contributed by atoms with Crippen molar-refractivity contribution in [1.29, 1.82) is 0 Å². The molecule has 2 atom stereocenters. The Labute approximate surface area is 269 Å². The fourth-order valence-electron chi connectivity index (χ4n) is 7.17. The third-order valence-corrected chi connectivity index (χ3v) is 21.9. The van der Waals surface area contributed by atoms with Crippen LogP contribution >= 0.6 is 0 Å². The van der Waals surface area contributed by atoms with E-state index >= 15 is 0 Å². The van der Waals surface area contributed by atoms with Gasteiger partial charge in [-0.25, -0.2) is 0 Å². The van der Waals surface area contributed by atoms with E-state index in [0.717, 1.165) is 0 Å². The Balaban J connectivity index is 0.00000176. The van der Waals surface area contributed by atoms with Gasteiger partial charge in [-0.2, -0.15) is 0 Å². The van der Waals surface area contributed by atoms with Crippen molar-refractivity contribution in [2.45, 2.75) is 35.4 Å². The van der Waals surface area contributed by atoms with Crippen LogP contribution in [0, 0.1) is 6.92 Å². The van der Waals surface area contributed by atoms with Crippen LogP contribution in [0.5, 0.6) is 0 Å². The van der Waals surface area contributed by atoms with Crippen LogP contribution in [0.1, 0.15) is 48.7 Å². The molecule has 0 aromatic heterocycles. The molecule has 0 nitrogen and oxygen atoms in total. The maximum atomic E-state index is 2.61. The number of benzene rings is 5. The second-order valence-corrected chi connectivity index (χ2v) is 23.9. The van der Waals surface area contributed by atoms with E-state index in [2.05, 4.69) is 148 Å². The van der Waals surface area contributed by atoms with Crippen LogP contribution in [0.4, 0.5) is 0 Å². The van der Waals surface area contributed by atoms with Crippen LogP contribution in [0.25, 0.3) is 39.6 Å². The Morgan fingerprint density at radius 2 is 1.31 bits per heavy atom. The van der Waals surface area contributed by atoms with E-state index in [0.29, 0.717) is 8.45 Å². The van der Waals surface area contributed by atoms with Gasteiger partial charge in [0.1, 0.15) is 0 Å². The van der Waals surface area contributed by atoms with Gasteiger partial charge in [0.25, 0.3) is 0 Å². The molecule has 4 heteroatoms. The second kappa shape index (κ2) is 12.5. The fourth-order valence-corrected chi connectivity index (χ4v) is 20.8. The van der Waals surface area contributed by atoms with E-state index < -0.39 is 22.8 Å². The average molecular weight is 638 g/mol. The third kappa shape index (κ3) is 5.21. The van der Waals surface area contributed by atoms with Gasteiger partial charge in [0.2, 0.25) is 0 Å². The topological polar surface area (TPSA) is 0 Å². The molecule has 0 saturated carbocycles. The molecule has 2 aliphatic carbocycles. The molecule has 2 unspecified atom stereocenters.